The monoisotopic (exact) mass is 316 g/mol. The smallest absolute Gasteiger partial charge is 0.130 e. The van der Waals surface area contributed by atoms with Crippen LogP contribution in [0, 0.1) is 6.92 Å². The first kappa shape index (κ1) is 15.4. The van der Waals surface area contributed by atoms with Gasteiger partial charge in [-0.15, -0.1) is 11.3 Å². The van der Waals surface area contributed by atoms with Crippen LogP contribution in [0.3, 0.4) is 0 Å². The van der Waals surface area contributed by atoms with Gasteiger partial charge in [-0.1, -0.05) is 13.0 Å². The molecule has 1 aliphatic rings. The number of rotatable bonds is 4. The van der Waals surface area contributed by atoms with E-state index in [0.717, 1.165) is 25.5 Å². The van der Waals surface area contributed by atoms with Crippen LogP contribution in [-0.4, -0.2) is 35.0 Å². The van der Waals surface area contributed by atoms with Crippen molar-refractivity contribution in [2.75, 3.05) is 25.5 Å². The van der Waals surface area contributed by atoms with E-state index in [1.54, 1.807) is 0 Å². The Morgan fingerprint density at radius 2 is 2.09 bits per heavy atom. The van der Waals surface area contributed by atoms with Crippen molar-refractivity contribution in [3.05, 3.63) is 40.0 Å². The highest BCUT2D eigenvalue weighted by molar-refractivity contribution is 7.11. The molecular weight excluding hydrogens is 292 g/mol. The molecule has 0 atom stereocenters. The first-order chi connectivity index (χ1) is 10.6. The minimum Gasteiger partial charge on any atom is -0.373 e. The molecule has 1 saturated heterocycles. The molecule has 2 aromatic rings. The third kappa shape index (κ3) is 3.15. The van der Waals surface area contributed by atoms with E-state index in [1.165, 1.54) is 28.3 Å². The summed E-state index contributed by atoms with van der Waals surface area (Å²) in [4.78, 5) is 12.9. The summed E-state index contributed by atoms with van der Waals surface area (Å²) >= 11 is 1.85. The molecule has 0 bridgehead atoms. The molecule has 0 aromatic carbocycles. The Balaban J connectivity index is 1.64. The van der Waals surface area contributed by atoms with E-state index < -0.39 is 0 Å². The fourth-order valence-corrected chi connectivity index (χ4v) is 4.05. The summed E-state index contributed by atoms with van der Waals surface area (Å²) in [5, 5.41) is 4.49. The van der Waals surface area contributed by atoms with E-state index in [0.29, 0.717) is 0 Å². The molecular formula is C17H24N4S. The average molecular weight is 316 g/mol. The Bertz CT molecular complexity index is 629. The van der Waals surface area contributed by atoms with Crippen LogP contribution in [0.1, 0.15) is 35.2 Å². The van der Waals surface area contributed by atoms with E-state index in [9.17, 15) is 0 Å². The third-order valence-corrected chi connectivity index (χ3v) is 5.84. The van der Waals surface area contributed by atoms with Crippen LogP contribution in [0.25, 0.3) is 0 Å². The number of piperidine rings is 1. The Morgan fingerprint density at radius 3 is 2.73 bits per heavy atom. The van der Waals surface area contributed by atoms with Crippen molar-refractivity contribution in [1.29, 1.82) is 0 Å². The number of thiazole rings is 1. The number of nitrogens with one attached hydrogen (secondary N) is 1. The van der Waals surface area contributed by atoms with Crippen molar-refractivity contribution in [2.45, 2.75) is 38.6 Å². The van der Waals surface area contributed by atoms with Gasteiger partial charge in [0.1, 0.15) is 5.82 Å². The van der Waals surface area contributed by atoms with Crippen molar-refractivity contribution < 1.29 is 0 Å². The molecule has 4 nitrogen and oxygen atoms in total. The third-order valence-electron chi connectivity index (χ3n) is 4.62. The van der Waals surface area contributed by atoms with Crippen molar-refractivity contribution >= 4 is 17.2 Å². The number of pyridine rings is 1. The molecule has 2 aromatic heterocycles. The van der Waals surface area contributed by atoms with Crippen molar-refractivity contribution in [3.8, 4) is 0 Å². The predicted molar refractivity (Wildman–Crippen MR) is 92.5 cm³/mol. The molecule has 1 fully saturated rings. The summed E-state index contributed by atoms with van der Waals surface area (Å²) in [6, 6.07) is 4.18. The molecule has 1 N–H and O–H groups in total. The number of nitrogens with zero attached hydrogens (tertiary/aromatic N) is 3. The van der Waals surface area contributed by atoms with E-state index in [-0.39, 0.29) is 5.41 Å². The van der Waals surface area contributed by atoms with Crippen molar-refractivity contribution in [2.24, 2.45) is 0 Å². The zero-order valence-electron chi connectivity index (χ0n) is 13.6. The van der Waals surface area contributed by atoms with Gasteiger partial charge in [0.05, 0.1) is 5.01 Å². The minimum atomic E-state index is 0.246. The lowest BCUT2D eigenvalue weighted by atomic mass is 9.81. The Hall–Kier alpha value is -1.46. The fourth-order valence-electron chi connectivity index (χ4n) is 3.08. The van der Waals surface area contributed by atoms with Crippen molar-refractivity contribution in [3.63, 3.8) is 0 Å². The zero-order valence-corrected chi connectivity index (χ0v) is 14.4. The second-order valence-electron chi connectivity index (χ2n) is 6.37. The van der Waals surface area contributed by atoms with Gasteiger partial charge >= 0.3 is 0 Å². The normalized spacial score (nSPS) is 18.3. The first-order valence-electron chi connectivity index (χ1n) is 7.88. The SMILES string of the molecule is CNc1ncccc1CN1CCC(C)(c2ncc(C)s2)CC1. The lowest BCUT2D eigenvalue weighted by Crippen LogP contribution is -2.40. The average Bonchev–Trinajstić information content (AvgIpc) is 2.98. The highest BCUT2D eigenvalue weighted by Gasteiger charge is 2.34. The van der Waals surface area contributed by atoms with Crippen LogP contribution in [0.5, 0.6) is 0 Å². The van der Waals surface area contributed by atoms with Gasteiger partial charge in [-0.2, -0.15) is 0 Å². The van der Waals surface area contributed by atoms with Gasteiger partial charge < -0.3 is 5.32 Å². The summed E-state index contributed by atoms with van der Waals surface area (Å²) in [5.41, 5.74) is 1.52. The highest BCUT2D eigenvalue weighted by atomic mass is 32.1. The van der Waals surface area contributed by atoms with Gasteiger partial charge in [0.2, 0.25) is 0 Å². The second kappa shape index (κ2) is 6.34. The van der Waals surface area contributed by atoms with E-state index in [4.69, 9.17) is 0 Å². The van der Waals surface area contributed by atoms with Gasteiger partial charge in [0.25, 0.3) is 0 Å². The van der Waals surface area contributed by atoms with E-state index in [2.05, 4.69) is 40.1 Å². The molecule has 0 radical (unpaired) electrons. The van der Waals surface area contributed by atoms with Crippen LogP contribution < -0.4 is 5.32 Å². The van der Waals surface area contributed by atoms with Crippen molar-refractivity contribution in [1.82, 2.24) is 14.9 Å². The maximum Gasteiger partial charge on any atom is 0.130 e. The topological polar surface area (TPSA) is 41.1 Å². The molecule has 118 valence electrons. The standard InChI is InChI=1S/C17H24N4S/c1-13-11-20-16(22-13)17(2)6-9-21(10-7-17)12-14-5-4-8-19-15(14)18-3/h4-5,8,11H,6-7,9-10,12H2,1-3H3,(H,18,19). The molecule has 1 aliphatic heterocycles. The van der Waals surface area contributed by atoms with Crippen LogP contribution >= 0.6 is 11.3 Å². The first-order valence-corrected chi connectivity index (χ1v) is 8.69. The molecule has 0 unspecified atom stereocenters. The summed E-state index contributed by atoms with van der Waals surface area (Å²) in [5.74, 6) is 0.992. The van der Waals surface area contributed by atoms with E-state index in [1.807, 2.05) is 36.8 Å². The summed E-state index contributed by atoms with van der Waals surface area (Å²) in [6.45, 7) is 7.71. The van der Waals surface area contributed by atoms with Gasteiger partial charge in [-0.05, 0) is 38.9 Å². The maximum absolute atomic E-state index is 4.63. The maximum atomic E-state index is 4.63. The molecule has 22 heavy (non-hydrogen) atoms. The number of anilines is 1. The molecule has 5 heteroatoms. The molecule has 0 amide bonds. The van der Waals surface area contributed by atoms with Crippen LogP contribution in [-0.2, 0) is 12.0 Å². The number of aromatic nitrogens is 2. The van der Waals surface area contributed by atoms with E-state index >= 15 is 0 Å². The van der Waals surface area contributed by atoms with Gasteiger partial charge in [0, 0.05) is 41.8 Å². The molecule has 3 heterocycles. The quantitative estimate of drug-likeness (QED) is 0.938. The Morgan fingerprint density at radius 1 is 1.32 bits per heavy atom. The number of hydrogen-bond acceptors (Lipinski definition) is 5. The zero-order chi connectivity index (χ0) is 15.6. The predicted octanol–water partition coefficient (Wildman–Crippen LogP) is 3.44. The summed E-state index contributed by atoms with van der Waals surface area (Å²) in [6.07, 6.45) is 6.20. The van der Waals surface area contributed by atoms with Gasteiger partial charge in [0.15, 0.2) is 0 Å². The number of aryl methyl sites for hydroxylation is 1. The summed E-state index contributed by atoms with van der Waals surface area (Å²) < 4.78 is 0. The minimum absolute atomic E-state index is 0.246. The molecule has 3 rings (SSSR count). The Kier molecular flexibility index (Phi) is 4.45. The van der Waals surface area contributed by atoms with Crippen LogP contribution in [0.4, 0.5) is 5.82 Å². The molecule has 0 saturated carbocycles. The van der Waals surface area contributed by atoms with Gasteiger partial charge in [-0.3, -0.25) is 4.90 Å². The van der Waals surface area contributed by atoms with Gasteiger partial charge in [-0.25, -0.2) is 9.97 Å². The number of hydrogen-bond donors (Lipinski definition) is 1. The Labute approximate surface area is 136 Å². The summed E-state index contributed by atoms with van der Waals surface area (Å²) in [7, 11) is 1.93. The largest absolute Gasteiger partial charge is 0.373 e. The lowest BCUT2D eigenvalue weighted by Gasteiger charge is -2.38. The van der Waals surface area contributed by atoms with Crippen LogP contribution in [0.2, 0.25) is 0 Å². The number of likely N-dealkylation sites (tertiary alicyclic amines) is 1. The van der Waals surface area contributed by atoms with Crippen LogP contribution in [0.15, 0.2) is 24.5 Å². The molecule has 0 spiro atoms. The highest BCUT2D eigenvalue weighted by Crippen LogP contribution is 2.37. The second-order valence-corrected chi connectivity index (χ2v) is 7.61. The fraction of sp³-hybridized carbons (Fsp3) is 0.529. The molecule has 0 aliphatic carbocycles. The lowest BCUT2D eigenvalue weighted by molar-refractivity contribution is 0.162.